The maximum absolute atomic E-state index is 13.3. The van der Waals surface area contributed by atoms with Crippen molar-refractivity contribution in [2.45, 2.75) is 22.6 Å². The van der Waals surface area contributed by atoms with Crippen molar-refractivity contribution < 1.29 is 30.7 Å². The highest BCUT2D eigenvalue weighted by Gasteiger charge is 2.30. The van der Waals surface area contributed by atoms with E-state index in [4.69, 9.17) is 9.47 Å². The van der Waals surface area contributed by atoms with Crippen LogP contribution in [-0.4, -0.2) is 37.6 Å². The van der Waals surface area contributed by atoms with E-state index >= 15 is 0 Å². The van der Waals surface area contributed by atoms with E-state index in [1.54, 1.807) is 12.1 Å². The summed E-state index contributed by atoms with van der Waals surface area (Å²) in [5.74, 6) is 0.0526. The fourth-order valence-electron chi connectivity index (χ4n) is 3.82. The number of fused-ring (bicyclic) bond motifs is 1. The molecule has 0 amide bonds. The number of rotatable bonds is 7. The second-order valence-corrected chi connectivity index (χ2v) is 11.1. The number of ether oxygens (including phenoxy) is 2. The topological polar surface area (TPSA) is 102 Å². The Labute approximate surface area is 198 Å². The molecule has 0 saturated carbocycles. The summed E-state index contributed by atoms with van der Waals surface area (Å²) in [5, 5.41) is 0. The summed E-state index contributed by atoms with van der Waals surface area (Å²) in [6.45, 7) is 0.265. The van der Waals surface area contributed by atoms with Crippen LogP contribution in [0.2, 0.25) is 0 Å². The number of benzene rings is 3. The predicted molar refractivity (Wildman–Crippen MR) is 126 cm³/mol. The number of nitrogens with one attached hydrogen (secondary N) is 1. The maximum Gasteiger partial charge on any atom is 0.265 e. The summed E-state index contributed by atoms with van der Waals surface area (Å²) in [5.41, 5.74) is 1.43. The van der Waals surface area contributed by atoms with Gasteiger partial charge in [-0.05, 0) is 73.0 Å². The van der Waals surface area contributed by atoms with Gasteiger partial charge in [0.15, 0.2) is 0 Å². The summed E-state index contributed by atoms with van der Waals surface area (Å²) in [4.78, 5) is -0.0767. The molecular weight excluding hydrogens is 483 g/mol. The van der Waals surface area contributed by atoms with Crippen molar-refractivity contribution in [3.8, 4) is 11.5 Å². The molecule has 0 aliphatic carbocycles. The van der Waals surface area contributed by atoms with E-state index in [0.717, 1.165) is 12.1 Å². The highest BCUT2D eigenvalue weighted by molar-refractivity contribution is 7.93. The minimum absolute atomic E-state index is 0.0156. The van der Waals surface area contributed by atoms with Crippen LogP contribution in [0.15, 0.2) is 70.5 Å². The van der Waals surface area contributed by atoms with Crippen LogP contribution in [0.5, 0.6) is 11.5 Å². The van der Waals surface area contributed by atoms with E-state index in [9.17, 15) is 21.2 Å². The van der Waals surface area contributed by atoms with Gasteiger partial charge < -0.3 is 9.47 Å². The molecule has 11 heteroatoms. The standard InChI is InChI=1S/C23H23FN2O6S2/c1-31-19-8-12-23(22(15-19)32-2)33(27,28)25-18-7-11-21-16(14-18)4-3-13-26(21)34(29,30)20-9-5-17(24)6-10-20/h5-12,14-15,25H,3-4,13H2,1-2H3. The molecule has 1 N–H and O–H groups in total. The predicted octanol–water partition coefficient (Wildman–Crippen LogP) is 3.79. The summed E-state index contributed by atoms with van der Waals surface area (Å²) >= 11 is 0. The van der Waals surface area contributed by atoms with E-state index in [-0.39, 0.29) is 27.8 Å². The number of sulfonamides is 2. The lowest BCUT2D eigenvalue weighted by atomic mass is 10.0. The third kappa shape index (κ3) is 4.53. The molecule has 3 aromatic carbocycles. The third-order valence-electron chi connectivity index (χ3n) is 5.47. The molecule has 0 radical (unpaired) electrons. The van der Waals surface area contributed by atoms with Gasteiger partial charge in [0.25, 0.3) is 20.0 Å². The van der Waals surface area contributed by atoms with Gasteiger partial charge in [0.1, 0.15) is 22.2 Å². The maximum atomic E-state index is 13.3. The van der Waals surface area contributed by atoms with Crippen molar-refractivity contribution in [3.05, 3.63) is 72.0 Å². The molecule has 0 atom stereocenters. The molecule has 0 saturated heterocycles. The van der Waals surface area contributed by atoms with Crippen LogP contribution in [0.1, 0.15) is 12.0 Å². The van der Waals surface area contributed by atoms with Gasteiger partial charge >= 0.3 is 0 Å². The molecule has 1 heterocycles. The lowest BCUT2D eigenvalue weighted by Gasteiger charge is -2.31. The molecule has 0 spiro atoms. The second-order valence-electron chi connectivity index (χ2n) is 7.60. The Bertz CT molecular complexity index is 1420. The lowest BCUT2D eigenvalue weighted by molar-refractivity contribution is 0.386. The van der Waals surface area contributed by atoms with Crippen molar-refractivity contribution in [2.75, 3.05) is 29.8 Å². The van der Waals surface area contributed by atoms with Gasteiger partial charge in [-0.1, -0.05) is 0 Å². The van der Waals surface area contributed by atoms with Crippen LogP contribution < -0.4 is 18.5 Å². The average molecular weight is 507 g/mol. The number of hydrogen-bond donors (Lipinski definition) is 1. The molecule has 0 aromatic heterocycles. The second kappa shape index (κ2) is 9.15. The zero-order chi connectivity index (χ0) is 24.5. The summed E-state index contributed by atoms with van der Waals surface area (Å²) in [6.07, 6.45) is 1.13. The first-order valence-corrected chi connectivity index (χ1v) is 13.2. The number of methoxy groups -OCH3 is 2. The Morgan fingerprint density at radius 2 is 1.65 bits per heavy atom. The normalized spacial score (nSPS) is 13.8. The van der Waals surface area contributed by atoms with Crippen molar-refractivity contribution in [1.29, 1.82) is 0 Å². The molecule has 4 rings (SSSR count). The number of halogens is 1. The first-order valence-electron chi connectivity index (χ1n) is 10.3. The van der Waals surface area contributed by atoms with Gasteiger partial charge in [-0.2, -0.15) is 0 Å². The third-order valence-corrected chi connectivity index (χ3v) is 8.72. The fourth-order valence-corrected chi connectivity index (χ4v) is 6.56. The van der Waals surface area contributed by atoms with Gasteiger partial charge in [-0.15, -0.1) is 0 Å². The molecule has 1 aliphatic heterocycles. The SMILES string of the molecule is COc1ccc(S(=O)(=O)Nc2ccc3c(c2)CCCN3S(=O)(=O)c2ccc(F)cc2)c(OC)c1. The molecule has 0 unspecified atom stereocenters. The van der Waals surface area contributed by atoms with Gasteiger partial charge in [-0.25, -0.2) is 21.2 Å². The Hall–Kier alpha value is -3.31. The number of nitrogens with zero attached hydrogens (tertiary/aromatic N) is 1. The van der Waals surface area contributed by atoms with Gasteiger partial charge in [0.05, 0.1) is 24.8 Å². The number of hydrogen-bond acceptors (Lipinski definition) is 6. The largest absolute Gasteiger partial charge is 0.497 e. The molecule has 1 aliphatic rings. The van der Waals surface area contributed by atoms with Crippen LogP contribution >= 0.6 is 0 Å². The molecule has 8 nitrogen and oxygen atoms in total. The Morgan fingerprint density at radius 3 is 2.32 bits per heavy atom. The van der Waals surface area contributed by atoms with Crippen molar-refractivity contribution >= 4 is 31.4 Å². The molecule has 0 bridgehead atoms. The fraction of sp³-hybridized carbons (Fsp3) is 0.217. The Balaban J connectivity index is 1.65. The molecular formula is C23H23FN2O6S2. The first-order chi connectivity index (χ1) is 16.2. The quantitative estimate of drug-likeness (QED) is 0.523. The average Bonchev–Trinajstić information content (AvgIpc) is 2.83. The minimum atomic E-state index is -3.99. The number of aryl methyl sites for hydroxylation is 1. The van der Waals surface area contributed by atoms with Gasteiger partial charge in [0, 0.05) is 18.3 Å². The zero-order valence-electron chi connectivity index (χ0n) is 18.5. The lowest BCUT2D eigenvalue weighted by Crippen LogP contribution is -2.35. The first kappa shape index (κ1) is 23.8. The van der Waals surface area contributed by atoms with Crippen LogP contribution in [0.4, 0.5) is 15.8 Å². The van der Waals surface area contributed by atoms with Crippen LogP contribution in [-0.2, 0) is 26.5 Å². The molecule has 34 heavy (non-hydrogen) atoms. The molecule has 180 valence electrons. The summed E-state index contributed by atoms with van der Waals surface area (Å²) < 4.78 is 79.7. The van der Waals surface area contributed by atoms with Crippen LogP contribution in [0.3, 0.4) is 0 Å². The van der Waals surface area contributed by atoms with Crippen LogP contribution in [0, 0.1) is 5.82 Å². The van der Waals surface area contributed by atoms with E-state index < -0.39 is 25.9 Å². The van der Waals surface area contributed by atoms with Crippen molar-refractivity contribution in [3.63, 3.8) is 0 Å². The van der Waals surface area contributed by atoms with E-state index in [0.29, 0.717) is 29.8 Å². The van der Waals surface area contributed by atoms with Gasteiger partial charge in [-0.3, -0.25) is 9.03 Å². The molecule has 3 aromatic rings. The van der Waals surface area contributed by atoms with Gasteiger partial charge in [0.2, 0.25) is 0 Å². The summed E-state index contributed by atoms with van der Waals surface area (Å²) in [7, 11) is -5.06. The summed E-state index contributed by atoms with van der Waals surface area (Å²) in [6, 6.07) is 13.7. The highest BCUT2D eigenvalue weighted by Crippen LogP contribution is 2.35. The van der Waals surface area contributed by atoms with E-state index in [1.807, 2.05) is 0 Å². The van der Waals surface area contributed by atoms with E-state index in [2.05, 4.69) is 4.72 Å². The van der Waals surface area contributed by atoms with E-state index in [1.165, 1.54) is 54.9 Å². The Kier molecular flexibility index (Phi) is 6.41. The zero-order valence-corrected chi connectivity index (χ0v) is 20.1. The Morgan fingerprint density at radius 1 is 0.912 bits per heavy atom. The van der Waals surface area contributed by atoms with Crippen molar-refractivity contribution in [1.82, 2.24) is 0 Å². The van der Waals surface area contributed by atoms with Crippen LogP contribution in [0.25, 0.3) is 0 Å². The number of anilines is 2. The molecule has 0 fully saturated rings. The highest BCUT2D eigenvalue weighted by atomic mass is 32.2. The van der Waals surface area contributed by atoms with Crippen molar-refractivity contribution in [2.24, 2.45) is 0 Å². The monoisotopic (exact) mass is 506 g/mol. The smallest absolute Gasteiger partial charge is 0.265 e. The minimum Gasteiger partial charge on any atom is -0.497 e.